The molecule has 0 aliphatic carbocycles. The number of halogens is 3. The number of carbonyl (C=O) groups is 1. The van der Waals surface area contributed by atoms with Gasteiger partial charge in [0.05, 0.1) is 12.7 Å². The van der Waals surface area contributed by atoms with E-state index in [1.165, 1.54) is 30.2 Å². The number of ether oxygens (including phenoxy) is 1. The Labute approximate surface area is 119 Å². The standard InChI is InChI=1S/C14H14F3NO3/c1-21-11-4-2-3-10(12(11)19)13(20)18-7-5-9(6-8-18)14(15,16)17/h2-5,19H,6-8H2,1H3. The summed E-state index contributed by atoms with van der Waals surface area (Å²) >= 11 is 0. The van der Waals surface area contributed by atoms with E-state index in [0.29, 0.717) is 0 Å². The van der Waals surface area contributed by atoms with Gasteiger partial charge in [-0.25, -0.2) is 0 Å². The van der Waals surface area contributed by atoms with Crippen molar-refractivity contribution in [3.63, 3.8) is 0 Å². The van der Waals surface area contributed by atoms with Crippen LogP contribution >= 0.6 is 0 Å². The van der Waals surface area contributed by atoms with Crippen LogP contribution in [0.25, 0.3) is 0 Å². The average Bonchev–Trinajstić information content (AvgIpc) is 2.46. The Bertz CT molecular complexity index is 581. The van der Waals surface area contributed by atoms with Gasteiger partial charge in [0.1, 0.15) is 0 Å². The van der Waals surface area contributed by atoms with Gasteiger partial charge in [-0.3, -0.25) is 4.79 Å². The number of benzene rings is 1. The van der Waals surface area contributed by atoms with Crippen LogP contribution in [0.15, 0.2) is 29.8 Å². The van der Waals surface area contributed by atoms with E-state index in [-0.39, 0.29) is 36.6 Å². The fourth-order valence-corrected chi connectivity index (χ4v) is 2.14. The van der Waals surface area contributed by atoms with Crippen molar-refractivity contribution in [2.75, 3.05) is 20.2 Å². The molecule has 0 saturated carbocycles. The van der Waals surface area contributed by atoms with E-state index in [1.54, 1.807) is 0 Å². The van der Waals surface area contributed by atoms with Gasteiger partial charge in [0.25, 0.3) is 5.91 Å². The molecule has 21 heavy (non-hydrogen) atoms. The first-order chi connectivity index (χ1) is 9.84. The van der Waals surface area contributed by atoms with Gasteiger partial charge in [0.2, 0.25) is 0 Å². The number of carbonyl (C=O) groups excluding carboxylic acids is 1. The highest BCUT2D eigenvalue weighted by Crippen LogP contribution is 2.33. The summed E-state index contributed by atoms with van der Waals surface area (Å²) in [6, 6.07) is 4.43. The van der Waals surface area contributed by atoms with Gasteiger partial charge < -0.3 is 14.7 Å². The summed E-state index contributed by atoms with van der Waals surface area (Å²) < 4.78 is 42.5. The van der Waals surface area contributed by atoms with Crippen molar-refractivity contribution >= 4 is 5.91 Å². The fourth-order valence-electron chi connectivity index (χ4n) is 2.14. The molecule has 0 atom stereocenters. The van der Waals surface area contributed by atoms with Crippen molar-refractivity contribution in [3.8, 4) is 11.5 Å². The minimum absolute atomic E-state index is 0.0122. The van der Waals surface area contributed by atoms with Gasteiger partial charge >= 0.3 is 6.18 Å². The van der Waals surface area contributed by atoms with Crippen LogP contribution in [0.1, 0.15) is 16.8 Å². The summed E-state index contributed by atoms with van der Waals surface area (Å²) in [5.41, 5.74) is -0.611. The number of methoxy groups -OCH3 is 1. The number of amides is 1. The van der Waals surface area contributed by atoms with Crippen molar-refractivity contribution in [2.45, 2.75) is 12.6 Å². The van der Waals surface area contributed by atoms with Gasteiger partial charge in [-0.1, -0.05) is 12.1 Å². The molecule has 0 radical (unpaired) electrons. The molecule has 0 spiro atoms. The molecule has 1 heterocycles. The van der Waals surface area contributed by atoms with Gasteiger partial charge in [0.15, 0.2) is 11.5 Å². The van der Waals surface area contributed by atoms with E-state index in [2.05, 4.69) is 0 Å². The topological polar surface area (TPSA) is 49.8 Å². The monoisotopic (exact) mass is 301 g/mol. The summed E-state index contributed by atoms with van der Waals surface area (Å²) in [6.45, 7) is -0.175. The van der Waals surface area contributed by atoms with Crippen molar-refractivity contribution < 1.29 is 27.8 Å². The molecule has 1 aliphatic heterocycles. The zero-order chi connectivity index (χ0) is 15.6. The molecule has 0 saturated heterocycles. The van der Waals surface area contributed by atoms with Crippen LogP contribution in [-0.2, 0) is 0 Å². The van der Waals surface area contributed by atoms with E-state index >= 15 is 0 Å². The molecule has 7 heteroatoms. The zero-order valence-corrected chi connectivity index (χ0v) is 11.3. The van der Waals surface area contributed by atoms with Crippen LogP contribution in [0.4, 0.5) is 13.2 Å². The number of hydrogen-bond acceptors (Lipinski definition) is 3. The van der Waals surface area contributed by atoms with Crippen LogP contribution in [-0.4, -0.2) is 42.3 Å². The molecule has 4 nitrogen and oxygen atoms in total. The number of alkyl halides is 3. The van der Waals surface area contributed by atoms with Crippen LogP contribution in [0.3, 0.4) is 0 Å². The maximum Gasteiger partial charge on any atom is 0.412 e. The zero-order valence-electron chi connectivity index (χ0n) is 11.3. The van der Waals surface area contributed by atoms with E-state index in [4.69, 9.17) is 4.74 Å². The third-order valence-corrected chi connectivity index (χ3v) is 3.31. The molecule has 114 valence electrons. The summed E-state index contributed by atoms with van der Waals surface area (Å²) in [5.74, 6) is -0.691. The molecule has 1 N–H and O–H groups in total. The summed E-state index contributed by atoms with van der Waals surface area (Å²) in [5, 5.41) is 9.90. The Kier molecular flexibility index (Phi) is 4.11. The van der Waals surface area contributed by atoms with Crippen LogP contribution < -0.4 is 4.74 Å². The SMILES string of the molecule is COc1cccc(C(=O)N2CC=C(C(F)(F)F)CC2)c1O. The molecule has 2 rings (SSSR count). The lowest BCUT2D eigenvalue weighted by atomic mass is 10.1. The first-order valence-electron chi connectivity index (χ1n) is 6.26. The van der Waals surface area contributed by atoms with Crippen molar-refractivity contribution in [3.05, 3.63) is 35.4 Å². The highest BCUT2D eigenvalue weighted by atomic mass is 19.4. The smallest absolute Gasteiger partial charge is 0.412 e. The molecule has 1 aromatic carbocycles. The minimum Gasteiger partial charge on any atom is -0.504 e. The second-order valence-corrected chi connectivity index (χ2v) is 4.58. The Balaban J connectivity index is 2.18. The lowest BCUT2D eigenvalue weighted by molar-refractivity contribution is -0.0957. The number of phenolic OH excluding ortho intramolecular Hbond substituents is 1. The third-order valence-electron chi connectivity index (χ3n) is 3.31. The highest BCUT2D eigenvalue weighted by molar-refractivity contribution is 5.97. The highest BCUT2D eigenvalue weighted by Gasteiger charge is 2.35. The maximum absolute atomic E-state index is 12.5. The van der Waals surface area contributed by atoms with Crippen LogP contribution in [0.5, 0.6) is 11.5 Å². The summed E-state index contributed by atoms with van der Waals surface area (Å²) in [7, 11) is 1.35. The Morgan fingerprint density at radius 3 is 2.62 bits per heavy atom. The molecule has 0 aromatic heterocycles. The Hall–Kier alpha value is -2.18. The van der Waals surface area contributed by atoms with E-state index in [9.17, 15) is 23.1 Å². The maximum atomic E-state index is 12.5. The minimum atomic E-state index is -4.35. The first-order valence-corrected chi connectivity index (χ1v) is 6.26. The number of aromatic hydroxyl groups is 1. The molecule has 1 aromatic rings. The van der Waals surface area contributed by atoms with Crippen molar-refractivity contribution in [2.24, 2.45) is 0 Å². The first kappa shape index (κ1) is 15.2. The van der Waals surface area contributed by atoms with Crippen molar-refractivity contribution in [1.29, 1.82) is 0 Å². The molecule has 1 amide bonds. The summed E-state index contributed by atoms with van der Waals surface area (Å²) in [6.07, 6.45) is -3.61. The predicted octanol–water partition coefficient (Wildman–Crippen LogP) is 2.74. The molecule has 1 aliphatic rings. The lowest BCUT2D eigenvalue weighted by Gasteiger charge is -2.27. The number of hydrogen-bond donors (Lipinski definition) is 1. The lowest BCUT2D eigenvalue weighted by Crippen LogP contribution is -2.36. The van der Waals surface area contributed by atoms with Crippen molar-refractivity contribution in [1.82, 2.24) is 4.90 Å². The molecule has 0 unspecified atom stereocenters. The number of phenols is 1. The molecular weight excluding hydrogens is 287 g/mol. The second-order valence-electron chi connectivity index (χ2n) is 4.58. The number of nitrogens with zero attached hydrogens (tertiary/aromatic N) is 1. The van der Waals surface area contributed by atoms with Crippen LogP contribution in [0.2, 0.25) is 0 Å². The average molecular weight is 301 g/mol. The molecule has 0 fully saturated rings. The molecule has 0 bridgehead atoms. The second kappa shape index (κ2) is 5.67. The van der Waals surface area contributed by atoms with E-state index in [1.807, 2.05) is 0 Å². The van der Waals surface area contributed by atoms with Gasteiger partial charge in [0, 0.05) is 18.7 Å². The summed E-state index contributed by atoms with van der Waals surface area (Å²) in [4.78, 5) is 13.5. The van der Waals surface area contributed by atoms with E-state index < -0.39 is 17.7 Å². The number of rotatable bonds is 2. The third kappa shape index (κ3) is 3.12. The van der Waals surface area contributed by atoms with E-state index in [0.717, 1.165) is 6.08 Å². The normalized spacial score (nSPS) is 15.6. The molecular formula is C14H14F3NO3. The fraction of sp³-hybridized carbons (Fsp3) is 0.357. The number of para-hydroxylation sites is 1. The van der Waals surface area contributed by atoms with Gasteiger partial charge in [-0.2, -0.15) is 13.2 Å². The van der Waals surface area contributed by atoms with Gasteiger partial charge in [-0.05, 0) is 18.6 Å². The quantitative estimate of drug-likeness (QED) is 0.855. The predicted molar refractivity (Wildman–Crippen MR) is 69.3 cm³/mol. The van der Waals surface area contributed by atoms with Crippen LogP contribution in [0, 0.1) is 0 Å². The largest absolute Gasteiger partial charge is 0.504 e. The van der Waals surface area contributed by atoms with Gasteiger partial charge in [-0.15, -0.1) is 0 Å². The Morgan fingerprint density at radius 1 is 1.38 bits per heavy atom. The Morgan fingerprint density at radius 2 is 2.10 bits per heavy atom.